The van der Waals surface area contributed by atoms with Crippen molar-refractivity contribution in [3.05, 3.63) is 69.2 Å². The maximum absolute atomic E-state index is 12.4. The van der Waals surface area contributed by atoms with Crippen LogP contribution in [-0.4, -0.2) is 38.8 Å². The minimum Gasteiger partial charge on any atom is -0.273 e. The van der Waals surface area contributed by atoms with Gasteiger partial charge in [-0.15, -0.1) is 5.10 Å². The molecule has 1 aromatic heterocycles. The zero-order valence-corrected chi connectivity index (χ0v) is 16.9. The van der Waals surface area contributed by atoms with Crippen LogP contribution in [0.5, 0.6) is 0 Å². The Labute approximate surface area is 169 Å². The lowest BCUT2D eigenvalue weighted by atomic mass is 10.1. The summed E-state index contributed by atoms with van der Waals surface area (Å²) >= 11 is 8.37. The van der Waals surface area contributed by atoms with Crippen molar-refractivity contribution in [3.8, 4) is 5.69 Å². The molecule has 1 aliphatic heterocycles. The van der Waals surface area contributed by atoms with Crippen LogP contribution in [0, 0.1) is 10.9 Å². The number of fused-ring (bicyclic) bond motifs is 1. The molecule has 5 nitrogen and oxygen atoms in total. The van der Waals surface area contributed by atoms with E-state index in [2.05, 4.69) is 5.10 Å². The van der Waals surface area contributed by atoms with E-state index in [1.807, 2.05) is 31.2 Å². The molecule has 2 heterocycles. The molecular formula is C19H15N3O2S3. The number of rotatable bonds is 5. The van der Waals surface area contributed by atoms with Gasteiger partial charge in [-0.25, -0.2) is 4.68 Å². The number of amides is 2. The van der Waals surface area contributed by atoms with Gasteiger partial charge < -0.3 is 0 Å². The van der Waals surface area contributed by atoms with Crippen LogP contribution in [0.3, 0.4) is 0 Å². The molecule has 0 radical (unpaired) electrons. The summed E-state index contributed by atoms with van der Waals surface area (Å²) in [5.41, 5.74) is 3.02. The number of para-hydroxylation sites is 1. The second kappa shape index (κ2) is 7.38. The zero-order valence-electron chi connectivity index (χ0n) is 14.4. The van der Waals surface area contributed by atoms with Crippen molar-refractivity contribution in [2.45, 2.75) is 11.3 Å². The highest BCUT2D eigenvalue weighted by atomic mass is 32.2. The maximum Gasteiger partial charge on any atom is 0.261 e. The number of imide groups is 1. The summed E-state index contributed by atoms with van der Waals surface area (Å²) in [6.45, 7) is 2.36. The highest BCUT2D eigenvalue weighted by Crippen LogP contribution is 2.27. The maximum atomic E-state index is 12.4. The minimum absolute atomic E-state index is 0.228. The normalized spacial score (nSPS) is 13.3. The molecule has 2 aromatic carbocycles. The van der Waals surface area contributed by atoms with Crippen LogP contribution in [0.25, 0.3) is 5.69 Å². The first kappa shape index (κ1) is 18.1. The van der Waals surface area contributed by atoms with Gasteiger partial charge in [0.05, 0.1) is 16.8 Å². The predicted molar refractivity (Wildman–Crippen MR) is 110 cm³/mol. The molecule has 1 aliphatic rings. The molecule has 0 unspecified atom stereocenters. The number of hydrogen-bond acceptors (Lipinski definition) is 6. The van der Waals surface area contributed by atoms with Crippen LogP contribution in [0.1, 0.15) is 26.3 Å². The highest BCUT2D eigenvalue weighted by Gasteiger charge is 2.34. The van der Waals surface area contributed by atoms with Crippen molar-refractivity contribution in [1.29, 1.82) is 0 Å². The molecule has 0 bridgehead atoms. The monoisotopic (exact) mass is 413 g/mol. The third-order valence-corrected chi connectivity index (χ3v) is 6.64. The van der Waals surface area contributed by atoms with E-state index >= 15 is 0 Å². The molecule has 8 heteroatoms. The number of carbonyl (C=O) groups is 2. The molecule has 2 amide bonds. The molecule has 4 rings (SSSR count). The summed E-state index contributed by atoms with van der Waals surface area (Å²) < 4.78 is 3.26. The number of aromatic nitrogens is 2. The number of carbonyl (C=O) groups excluding carboxylic acids is 2. The van der Waals surface area contributed by atoms with Gasteiger partial charge in [-0.05, 0) is 42.9 Å². The van der Waals surface area contributed by atoms with Crippen molar-refractivity contribution in [3.63, 3.8) is 0 Å². The lowest BCUT2D eigenvalue weighted by Gasteiger charge is -2.12. The molecule has 3 aromatic rings. The van der Waals surface area contributed by atoms with Crippen LogP contribution in [0.15, 0.2) is 52.9 Å². The molecule has 0 spiro atoms. The summed E-state index contributed by atoms with van der Waals surface area (Å²) in [6.07, 6.45) is 0. The van der Waals surface area contributed by atoms with Gasteiger partial charge in [0, 0.05) is 12.3 Å². The number of benzene rings is 2. The standard InChI is InChI=1S/C19H15N3O2S3/c1-12-6-2-5-9-15(12)22-19(25)27-18(20-22)26-11-10-21-16(23)13-7-3-4-8-14(13)17(21)24/h2-9H,10-11H2,1H3. The molecular weight excluding hydrogens is 398 g/mol. The SMILES string of the molecule is Cc1ccccc1-n1nc(SCCN2C(=O)c3ccccc3C2=O)sc1=S. The summed E-state index contributed by atoms with van der Waals surface area (Å²) in [5, 5.41) is 4.59. The largest absolute Gasteiger partial charge is 0.273 e. The summed E-state index contributed by atoms with van der Waals surface area (Å²) in [7, 11) is 0. The Bertz CT molecular complexity index is 1070. The van der Waals surface area contributed by atoms with Gasteiger partial charge in [0.2, 0.25) is 0 Å². The number of hydrogen-bond donors (Lipinski definition) is 0. The van der Waals surface area contributed by atoms with E-state index in [1.165, 1.54) is 28.0 Å². The van der Waals surface area contributed by atoms with Crippen LogP contribution < -0.4 is 0 Å². The first-order chi connectivity index (χ1) is 13.1. The van der Waals surface area contributed by atoms with E-state index in [0.29, 0.717) is 27.4 Å². The molecule has 0 aliphatic carbocycles. The van der Waals surface area contributed by atoms with Crippen LogP contribution in [0.4, 0.5) is 0 Å². The first-order valence-electron chi connectivity index (χ1n) is 8.30. The second-order valence-electron chi connectivity index (χ2n) is 5.99. The molecule has 0 saturated heterocycles. The van der Waals surface area contributed by atoms with E-state index < -0.39 is 0 Å². The van der Waals surface area contributed by atoms with Crippen molar-refractivity contribution in [2.75, 3.05) is 12.3 Å². The lowest BCUT2D eigenvalue weighted by molar-refractivity contribution is 0.0664. The highest BCUT2D eigenvalue weighted by molar-refractivity contribution is 8.01. The Morgan fingerprint density at radius 2 is 1.67 bits per heavy atom. The molecule has 0 saturated carbocycles. The van der Waals surface area contributed by atoms with Gasteiger partial charge in [-0.3, -0.25) is 14.5 Å². The van der Waals surface area contributed by atoms with E-state index in [-0.39, 0.29) is 11.8 Å². The fourth-order valence-corrected chi connectivity index (χ4v) is 5.28. The fraction of sp³-hybridized carbons (Fsp3) is 0.158. The van der Waals surface area contributed by atoms with Gasteiger partial charge in [-0.2, -0.15) is 0 Å². The Kier molecular flexibility index (Phi) is 4.94. The van der Waals surface area contributed by atoms with E-state index in [9.17, 15) is 9.59 Å². The molecule has 0 N–H and O–H groups in total. The summed E-state index contributed by atoms with van der Waals surface area (Å²) in [5.74, 6) is 0.116. The predicted octanol–water partition coefficient (Wildman–Crippen LogP) is 4.36. The van der Waals surface area contributed by atoms with Gasteiger partial charge in [0.25, 0.3) is 11.8 Å². The summed E-state index contributed by atoms with van der Waals surface area (Å²) in [6, 6.07) is 14.9. The third kappa shape index (κ3) is 3.36. The Morgan fingerprint density at radius 3 is 2.33 bits per heavy atom. The molecule has 0 fully saturated rings. The van der Waals surface area contributed by atoms with E-state index in [4.69, 9.17) is 12.2 Å². The third-order valence-electron chi connectivity index (χ3n) is 4.29. The van der Waals surface area contributed by atoms with Crippen molar-refractivity contribution in [1.82, 2.24) is 14.7 Å². The fourth-order valence-electron chi connectivity index (χ4n) is 2.94. The average molecular weight is 414 g/mol. The number of thioether (sulfide) groups is 1. The van der Waals surface area contributed by atoms with Crippen LogP contribution in [-0.2, 0) is 0 Å². The van der Waals surface area contributed by atoms with Gasteiger partial charge >= 0.3 is 0 Å². The number of nitrogens with zero attached hydrogens (tertiary/aromatic N) is 3. The van der Waals surface area contributed by atoms with E-state index in [1.54, 1.807) is 28.9 Å². The lowest BCUT2D eigenvalue weighted by Crippen LogP contribution is -2.31. The minimum atomic E-state index is -0.228. The van der Waals surface area contributed by atoms with Gasteiger partial charge in [0.15, 0.2) is 8.29 Å². The molecule has 136 valence electrons. The Balaban J connectivity index is 1.45. The van der Waals surface area contributed by atoms with Crippen LogP contribution >= 0.6 is 35.3 Å². The summed E-state index contributed by atoms with van der Waals surface area (Å²) in [4.78, 5) is 26.1. The van der Waals surface area contributed by atoms with Gasteiger partial charge in [-0.1, -0.05) is 53.4 Å². The Hall–Kier alpha value is -2.29. The topological polar surface area (TPSA) is 55.2 Å². The average Bonchev–Trinajstić information content (AvgIpc) is 3.15. The Morgan fingerprint density at radius 1 is 1.04 bits per heavy atom. The van der Waals surface area contributed by atoms with E-state index in [0.717, 1.165) is 15.6 Å². The van der Waals surface area contributed by atoms with Crippen LogP contribution in [0.2, 0.25) is 0 Å². The van der Waals surface area contributed by atoms with Crippen molar-refractivity contribution < 1.29 is 9.59 Å². The smallest absolute Gasteiger partial charge is 0.261 e. The van der Waals surface area contributed by atoms with Crippen molar-refractivity contribution in [2.24, 2.45) is 0 Å². The molecule has 27 heavy (non-hydrogen) atoms. The zero-order chi connectivity index (χ0) is 19.0. The van der Waals surface area contributed by atoms with Crippen molar-refractivity contribution >= 4 is 47.1 Å². The second-order valence-corrected chi connectivity index (χ2v) is 8.95. The quantitative estimate of drug-likeness (QED) is 0.353. The molecule has 0 atom stereocenters. The van der Waals surface area contributed by atoms with Gasteiger partial charge in [0.1, 0.15) is 0 Å². The first-order valence-corrected chi connectivity index (χ1v) is 10.5. The number of aryl methyl sites for hydroxylation is 1.